The lowest BCUT2D eigenvalue weighted by atomic mass is 10.1. The van der Waals surface area contributed by atoms with Crippen LogP contribution in [0.4, 0.5) is 0 Å². The van der Waals surface area contributed by atoms with Gasteiger partial charge in [-0.25, -0.2) is 0 Å². The molecule has 1 aliphatic heterocycles. The third-order valence-corrected chi connectivity index (χ3v) is 3.09. The fraction of sp³-hybridized carbons (Fsp3) is 1.00. The molecule has 0 amide bonds. The molecule has 0 radical (unpaired) electrons. The number of hydrogen-bond donors (Lipinski definition) is 3. The van der Waals surface area contributed by atoms with Crippen LogP contribution in [0.3, 0.4) is 0 Å². The van der Waals surface area contributed by atoms with E-state index in [4.69, 9.17) is 10.2 Å². The van der Waals surface area contributed by atoms with Crippen LogP contribution in [0.2, 0.25) is 0 Å². The molecule has 10 heavy (non-hydrogen) atoms. The molecule has 0 aromatic heterocycles. The van der Waals surface area contributed by atoms with E-state index in [0.29, 0.717) is 5.75 Å². The molecule has 0 aromatic carbocycles. The largest absolute Gasteiger partial charge is 0.389 e. The van der Waals surface area contributed by atoms with Crippen molar-refractivity contribution >= 4 is 11.8 Å². The maximum Gasteiger partial charge on any atom is 0.108 e. The van der Waals surface area contributed by atoms with Crippen LogP contribution in [-0.2, 0) is 0 Å². The summed E-state index contributed by atoms with van der Waals surface area (Å²) in [7, 11) is 0. The molecule has 1 heterocycles. The fourth-order valence-electron chi connectivity index (χ4n) is 0.953. The van der Waals surface area contributed by atoms with Crippen molar-refractivity contribution in [3.05, 3.63) is 0 Å². The molecule has 4 atom stereocenters. The van der Waals surface area contributed by atoms with E-state index in [0.717, 1.165) is 0 Å². The van der Waals surface area contributed by atoms with E-state index < -0.39 is 18.3 Å². The van der Waals surface area contributed by atoms with Crippen LogP contribution >= 0.6 is 11.8 Å². The highest BCUT2D eigenvalue weighted by Crippen LogP contribution is 2.25. The Morgan fingerprint density at radius 1 is 1.20 bits per heavy atom. The van der Waals surface area contributed by atoms with Crippen molar-refractivity contribution in [3.63, 3.8) is 0 Å². The maximum absolute atomic E-state index is 9.19. The highest BCUT2D eigenvalue weighted by Gasteiger charge is 2.34. The minimum Gasteiger partial charge on any atom is -0.389 e. The van der Waals surface area contributed by atoms with Crippen molar-refractivity contribution in [1.29, 1.82) is 0 Å². The molecular formula is C6H12O3S. The van der Waals surface area contributed by atoms with Gasteiger partial charge in [-0.3, -0.25) is 0 Å². The summed E-state index contributed by atoms with van der Waals surface area (Å²) in [4.78, 5) is 0. The highest BCUT2D eigenvalue weighted by molar-refractivity contribution is 8.00. The van der Waals surface area contributed by atoms with Crippen LogP contribution in [0, 0.1) is 0 Å². The summed E-state index contributed by atoms with van der Waals surface area (Å²) in [6.07, 6.45) is -2.51. The third kappa shape index (κ3) is 1.45. The summed E-state index contributed by atoms with van der Waals surface area (Å²) in [5, 5.41) is 27.4. The van der Waals surface area contributed by atoms with Gasteiger partial charge in [-0.1, -0.05) is 6.92 Å². The molecule has 1 saturated heterocycles. The minimum absolute atomic E-state index is 0.0263. The van der Waals surface area contributed by atoms with E-state index in [1.54, 1.807) is 0 Å². The van der Waals surface area contributed by atoms with Gasteiger partial charge in [0.15, 0.2) is 0 Å². The second-order valence-corrected chi connectivity index (χ2v) is 4.00. The highest BCUT2D eigenvalue weighted by atomic mass is 32.2. The summed E-state index contributed by atoms with van der Waals surface area (Å²) in [6, 6.07) is 0. The van der Waals surface area contributed by atoms with Crippen molar-refractivity contribution < 1.29 is 15.3 Å². The zero-order chi connectivity index (χ0) is 7.72. The van der Waals surface area contributed by atoms with Crippen LogP contribution in [0.25, 0.3) is 0 Å². The summed E-state index contributed by atoms with van der Waals surface area (Å²) in [6.45, 7) is 1.84. The zero-order valence-corrected chi connectivity index (χ0v) is 6.58. The summed E-state index contributed by atoms with van der Waals surface area (Å²) < 4.78 is 0. The molecule has 0 unspecified atom stereocenters. The first kappa shape index (κ1) is 8.33. The van der Waals surface area contributed by atoms with Gasteiger partial charge >= 0.3 is 0 Å². The quantitative estimate of drug-likeness (QED) is 0.439. The van der Waals surface area contributed by atoms with E-state index in [-0.39, 0.29) is 5.25 Å². The van der Waals surface area contributed by atoms with E-state index in [9.17, 15) is 5.11 Å². The Hall–Kier alpha value is 0.230. The first-order chi connectivity index (χ1) is 4.63. The van der Waals surface area contributed by atoms with Crippen LogP contribution in [0.5, 0.6) is 0 Å². The Kier molecular flexibility index (Phi) is 2.57. The SMILES string of the molecule is C[C@H]1SC[C@H](O)[C@@H](O)[C@H]1O. The standard InChI is InChI=1S/C6H12O3S/c1-3-5(8)6(9)4(7)2-10-3/h3-9H,2H2,1H3/t3-,4+,5+,6-/m1/s1. The van der Waals surface area contributed by atoms with E-state index in [1.807, 2.05) is 6.92 Å². The molecule has 1 fully saturated rings. The molecule has 0 aliphatic carbocycles. The Bertz CT molecular complexity index is 106. The smallest absolute Gasteiger partial charge is 0.108 e. The fourth-order valence-corrected chi connectivity index (χ4v) is 2.01. The van der Waals surface area contributed by atoms with Gasteiger partial charge in [0.1, 0.15) is 6.10 Å². The van der Waals surface area contributed by atoms with Crippen LogP contribution in [-0.4, -0.2) is 44.6 Å². The molecular weight excluding hydrogens is 152 g/mol. The van der Waals surface area contributed by atoms with Gasteiger partial charge in [0, 0.05) is 11.0 Å². The molecule has 1 aliphatic rings. The van der Waals surface area contributed by atoms with E-state index in [2.05, 4.69) is 0 Å². The summed E-state index contributed by atoms with van der Waals surface area (Å²) >= 11 is 1.48. The van der Waals surface area contributed by atoms with Crippen LogP contribution in [0.15, 0.2) is 0 Å². The topological polar surface area (TPSA) is 60.7 Å². The lowest BCUT2D eigenvalue weighted by Crippen LogP contribution is -2.47. The van der Waals surface area contributed by atoms with Gasteiger partial charge in [-0.05, 0) is 0 Å². The van der Waals surface area contributed by atoms with Crippen LogP contribution in [0.1, 0.15) is 6.92 Å². The predicted octanol–water partition coefficient (Wildman–Crippen LogP) is -0.796. The lowest BCUT2D eigenvalue weighted by Gasteiger charge is -2.32. The number of thioether (sulfide) groups is 1. The average molecular weight is 164 g/mol. The van der Waals surface area contributed by atoms with Gasteiger partial charge < -0.3 is 15.3 Å². The predicted molar refractivity (Wildman–Crippen MR) is 39.9 cm³/mol. The van der Waals surface area contributed by atoms with Crippen molar-refractivity contribution in [2.75, 3.05) is 5.75 Å². The maximum atomic E-state index is 9.19. The monoisotopic (exact) mass is 164 g/mol. The summed E-state index contributed by atoms with van der Waals surface area (Å²) in [5.74, 6) is 0.513. The first-order valence-corrected chi connectivity index (χ1v) is 4.33. The Morgan fingerprint density at radius 2 is 1.80 bits per heavy atom. The molecule has 4 heteroatoms. The molecule has 0 bridgehead atoms. The third-order valence-electron chi connectivity index (χ3n) is 1.75. The summed E-state index contributed by atoms with van der Waals surface area (Å²) in [5.41, 5.74) is 0. The average Bonchev–Trinajstić information content (AvgIpc) is 1.93. The molecule has 0 spiro atoms. The Labute approximate surface area is 64.1 Å². The minimum atomic E-state index is -0.962. The van der Waals surface area contributed by atoms with Gasteiger partial charge in [0.05, 0.1) is 12.2 Å². The second kappa shape index (κ2) is 3.09. The van der Waals surface area contributed by atoms with E-state index >= 15 is 0 Å². The molecule has 0 saturated carbocycles. The van der Waals surface area contributed by atoms with Crippen molar-refractivity contribution in [3.8, 4) is 0 Å². The lowest BCUT2D eigenvalue weighted by molar-refractivity contribution is -0.0534. The molecule has 60 valence electrons. The molecule has 3 nitrogen and oxygen atoms in total. The second-order valence-electron chi connectivity index (χ2n) is 2.59. The molecule has 3 N–H and O–H groups in total. The van der Waals surface area contributed by atoms with E-state index in [1.165, 1.54) is 11.8 Å². The number of aliphatic hydroxyl groups is 3. The normalized spacial score (nSPS) is 49.2. The Balaban J connectivity index is 2.52. The first-order valence-electron chi connectivity index (χ1n) is 3.28. The number of hydrogen-bond acceptors (Lipinski definition) is 4. The van der Waals surface area contributed by atoms with Crippen molar-refractivity contribution in [2.24, 2.45) is 0 Å². The molecule has 1 rings (SSSR count). The number of rotatable bonds is 0. The van der Waals surface area contributed by atoms with Gasteiger partial charge in [-0.2, -0.15) is 11.8 Å². The Morgan fingerprint density at radius 3 is 2.30 bits per heavy atom. The van der Waals surface area contributed by atoms with Crippen molar-refractivity contribution in [1.82, 2.24) is 0 Å². The van der Waals surface area contributed by atoms with Gasteiger partial charge in [-0.15, -0.1) is 0 Å². The molecule has 0 aromatic rings. The van der Waals surface area contributed by atoms with Gasteiger partial charge in [0.25, 0.3) is 0 Å². The van der Waals surface area contributed by atoms with Crippen LogP contribution < -0.4 is 0 Å². The number of aliphatic hydroxyl groups excluding tert-OH is 3. The van der Waals surface area contributed by atoms with Gasteiger partial charge in [0.2, 0.25) is 0 Å². The van der Waals surface area contributed by atoms with Crippen molar-refractivity contribution in [2.45, 2.75) is 30.5 Å². The zero-order valence-electron chi connectivity index (χ0n) is 5.77.